The molecule has 1 amide bonds. The molecular weight excluding hydrogens is 274 g/mol. The van der Waals surface area contributed by atoms with E-state index in [1.807, 2.05) is 0 Å². The summed E-state index contributed by atoms with van der Waals surface area (Å²) in [6.07, 6.45) is 4.76. The van der Waals surface area contributed by atoms with E-state index in [2.05, 4.69) is 5.32 Å². The Labute approximate surface area is 125 Å². The molecule has 0 aliphatic heterocycles. The van der Waals surface area contributed by atoms with Gasteiger partial charge in [0.05, 0.1) is 12.5 Å². The number of aliphatic carboxylic acids is 1. The quantitative estimate of drug-likeness (QED) is 0.666. The van der Waals surface area contributed by atoms with Crippen LogP contribution in [0.25, 0.3) is 0 Å². The van der Waals surface area contributed by atoms with Crippen molar-refractivity contribution in [2.24, 2.45) is 11.8 Å². The first-order chi connectivity index (χ1) is 9.93. The van der Waals surface area contributed by atoms with Crippen LogP contribution in [0.4, 0.5) is 0 Å². The van der Waals surface area contributed by atoms with Gasteiger partial charge in [0.15, 0.2) is 0 Å². The van der Waals surface area contributed by atoms with Crippen LogP contribution in [0.5, 0.6) is 0 Å². The zero-order chi connectivity index (χ0) is 15.8. The van der Waals surface area contributed by atoms with Crippen LogP contribution < -0.4 is 5.32 Å². The topological polar surface area (TPSA) is 92.7 Å². The van der Waals surface area contributed by atoms with Crippen LogP contribution in [0.1, 0.15) is 52.4 Å². The van der Waals surface area contributed by atoms with Crippen LogP contribution in [-0.2, 0) is 19.1 Å². The SMILES string of the molecule is CCOC(=O)[C@@H](C)C[C@H](NC(=O)CC1CCCC1)C(=O)O. The number of nitrogens with one attached hydrogen (secondary N) is 1. The second-order valence-corrected chi connectivity index (χ2v) is 5.70. The van der Waals surface area contributed by atoms with Gasteiger partial charge in [-0.1, -0.05) is 19.8 Å². The average molecular weight is 299 g/mol. The summed E-state index contributed by atoms with van der Waals surface area (Å²) < 4.78 is 4.85. The molecule has 6 nitrogen and oxygen atoms in total. The molecular formula is C15H25NO5. The standard InChI is InChI=1S/C15H25NO5/c1-3-21-15(20)10(2)8-12(14(18)19)16-13(17)9-11-6-4-5-7-11/h10-12H,3-9H2,1-2H3,(H,16,17)(H,18,19)/t10-,12-/m0/s1. The third-order valence-electron chi connectivity index (χ3n) is 3.86. The van der Waals surface area contributed by atoms with Crippen molar-refractivity contribution in [3.8, 4) is 0 Å². The molecule has 0 aromatic carbocycles. The highest BCUT2D eigenvalue weighted by Crippen LogP contribution is 2.27. The smallest absolute Gasteiger partial charge is 0.326 e. The number of carboxylic acids is 1. The summed E-state index contributed by atoms with van der Waals surface area (Å²) in [5.74, 6) is -2.00. The van der Waals surface area contributed by atoms with E-state index < -0.39 is 23.9 Å². The van der Waals surface area contributed by atoms with E-state index in [1.54, 1.807) is 13.8 Å². The first kappa shape index (κ1) is 17.5. The second kappa shape index (κ2) is 8.64. The molecule has 0 saturated heterocycles. The van der Waals surface area contributed by atoms with Gasteiger partial charge in [0, 0.05) is 6.42 Å². The second-order valence-electron chi connectivity index (χ2n) is 5.70. The van der Waals surface area contributed by atoms with Crippen LogP contribution >= 0.6 is 0 Å². The van der Waals surface area contributed by atoms with Crippen LogP contribution in [0.2, 0.25) is 0 Å². The fourth-order valence-electron chi connectivity index (χ4n) is 2.69. The Morgan fingerprint density at radius 2 is 1.90 bits per heavy atom. The predicted octanol–water partition coefficient (Wildman–Crippen LogP) is 1.73. The lowest BCUT2D eigenvalue weighted by Crippen LogP contribution is -2.43. The maximum atomic E-state index is 11.9. The van der Waals surface area contributed by atoms with Gasteiger partial charge in [-0.2, -0.15) is 0 Å². The Kier molecular flexibility index (Phi) is 7.19. The highest BCUT2D eigenvalue weighted by molar-refractivity contribution is 5.84. The molecule has 21 heavy (non-hydrogen) atoms. The number of rotatable bonds is 8. The van der Waals surface area contributed by atoms with E-state index in [1.165, 1.54) is 0 Å². The third kappa shape index (κ3) is 6.14. The molecule has 1 aliphatic rings. The number of esters is 1. The molecule has 6 heteroatoms. The van der Waals surface area contributed by atoms with Crippen molar-refractivity contribution < 1.29 is 24.2 Å². The fourth-order valence-corrected chi connectivity index (χ4v) is 2.69. The van der Waals surface area contributed by atoms with Gasteiger partial charge >= 0.3 is 11.9 Å². The third-order valence-corrected chi connectivity index (χ3v) is 3.86. The minimum absolute atomic E-state index is 0.0462. The van der Waals surface area contributed by atoms with E-state index in [0.717, 1.165) is 25.7 Å². The maximum Gasteiger partial charge on any atom is 0.326 e. The summed E-state index contributed by atoms with van der Waals surface area (Å²) in [5, 5.41) is 11.7. The lowest BCUT2D eigenvalue weighted by molar-refractivity contribution is -0.149. The number of hydrogen-bond acceptors (Lipinski definition) is 4. The van der Waals surface area contributed by atoms with Gasteiger partial charge in [-0.3, -0.25) is 9.59 Å². The predicted molar refractivity (Wildman–Crippen MR) is 76.6 cm³/mol. The van der Waals surface area contributed by atoms with Gasteiger partial charge in [-0.15, -0.1) is 0 Å². The number of hydrogen-bond donors (Lipinski definition) is 2. The molecule has 0 unspecified atom stereocenters. The molecule has 120 valence electrons. The zero-order valence-corrected chi connectivity index (χ0v) is 12.8. The molecule has 1 rings (SSSR count). The fraction of sp³-hybridized carbons (Fsp3) is 0.800. The van der Waals surface area contributed by atoms with E-state index in [0.29, 0.717) is 12.3 Å². The number of carbonyl (C=O) groups is 3. The highest BCUT2D eigenvalue weighted by atomic mass is 16.5. The zero-order valence-electron chi connectivity index (χ0n) is 12.8. The van der Waals surface area contributed by atoms with E-state index in [-0.39, 0.29) is 18.9 Å². The van der Waals surface area contributed by atoms with Crippen LogP contribution in [0.3, 0.4) is 0 Å². The molecule has 0 aromatic rings. The molecule has 0 heterocycles. The van der Waals surface area contributed by atoms with Crippen LogP contribution in [0, 0.1) is 11.8 Å². The Hall–Kier alpha value is -1.59. The number of carbonyl (C=O) groups excluding carboxylic acids is 2. The van der Waals surface area contributed by atoms with Gasteiger partial charge < -0.3 is 15.2 Å². The molecule has 2 N–H and O–H groups in total. The van der Waals surface area contributed by atoms with Crippen molar-refractivity contribution in [3.63, 3.8) is 0 Å². The maximum absolute atomic E-state index is 11.9. The van der Waals surface area contributed by atoms with Gasteiger partial charge in [-0.05, 0) is 32.1 Å². The van der Waals surface area contributed by atoms with Crippen molar-refractivity contribution in [3.05, 3.63) is 0 Å². The Balaban J connectivity index is 2.46. The monoisotopic (exact) mass is 299 g/mol. The van der Waals surface area contributed by atoms with E-state index >= 15 is 0 Å². The minimum Gasteiger partial charge on any atom is -0.480 e. The van der Waals surface area contributed by atoms with Gasteiger partial charge in [0.1, 0.15) is 6.04 Å². The molecule has 0 spiro atoms. The Bertz CT molecular complexity index is 376. The number of amides is 1. The molecule has 0 radical (unpaired) electrons. The minimum atomic E-state index is -1.12. The van der Waals surface area contributed by atoms with Crippen molar-refractivity contribution in [2.45, 2.75) is 58.4 Å². The first-order valence-corrected chi connectivity index (χ1v) is 7.62. The van der Waals surface area contributed by atoms with Gasteiger partial charge in [0.2, 0.25) is 5.91 Å². The summed E-state index contributed by atoms with van der Waals surface area (Å²) in [4.78, 5) is 34.7. The number of carboxylic acid groups (broad SMARTS) is 1. The van der Waals surface area contributed by atoms with Gasteiger partial charge in [0.25, 0.3) is 0 Å². The molecule has 1 saturated carbocycles. The number of ether oxygens (including phenoxy) is 1. The van der Waals surface area contributed by atoms with Gasteiger partial charge in [-0.25, -0.2) is 4.79 Å². The van der Waals surface area contributed by atoms with Crippen molar-refractivity contribution >= 4 is 17.8 Å². The van der Waals surface area contributed by atoms with E-state index in [9.17, 15) is 19.5 Å². The summed E-state index contributed by atoms with van der Waals surface area (Å²) >= 11 is 0. The van der Waals surface area contributed by atoms with Crippen LogP contribution in [0.15, 0.2) is 0 Å². The first-order valence-electron chi connectivity index (χ1n) is 7.62. The Morgan fingerprint density at radius 1 is 1.29 bits per heavy atom. The lowest BCUT2D eigenvalue weighted by Gasteiger charge is -2.19. The lowest BCUT2D eigenvalue weighted by atomic mass is 10.00. The highest BCUT2D eigenvalue weighted by Gasteiger charge is 2.27. The Morgan fingerprint density at radius 3 is 2.43 bits per heavy atom. The summed E-state index contributed by atoms with van der Waals surface area (Å²) in [5.41, 5.74) is 0. The average Bonchev–Trinajstić information content (AvgIpc) is 2.90. The van der Waals surface area contributed by atoms with E-state index in [4.69, 9.17) is 4.74 Å². The molecule has 1 fully saturated rings. The van der Waals surface area contributed by atoms with Crippen molar-refractivity contribution in [2.75, 3.05) is 6.61 Å². The molecule has 0 bridgehead atoms. The normalized spacial score (nSPS) is 18.0. The summed E-state index contributed by atoms with van der Waals surface area (Å²) in [6.45, 7) is 3.56. The largest absolute Gasteiger partial charge is 0.480 e. The van der Waals surface area contributed by atoms with Crippen molar-refractivity contribution in [1.29, 1.82) is 0 Å². The van der Waals surface area contributed by atoms with Crippen LogP contribution in [-0.4, -0.2) is 35.6 Å². The summed E-state index contributed by atoms with van der Waals surface area (Å²) in [7, 11) is 0. The molecule has 0 aromatic heterocycles. The summed E-state index contributed by atoms with van der Waals surface area (Å²) in [6, 6.07) is -1.04. The van der Waals surface area contributed by atoms with Crippen molar-refractivity contribution in [1.82, 2.24) is 5.32 Å². The molecule has 1 aliphatic carbocycles. The molecule has 2 atom stereocenters.